The highest BCUT2D eigenvalue weighted by Crippen LogP contribution is 2.30. The highest BCUT2D eigenvalue weighted by atomic mass is 127. The molecule has 94 valence electrons. The van der Waals surface area contributed by atoms with Gasteiger partial charge in [0, 0.05) is 7.05 Å². The third-order valence-corrected chi connectivity index (χ3v) is 2.86. The number of nitrogens with one attached hydrogen (secondary N) is 1. The first-order chi connectivity index (χ1) is 6.54. The monoisotopic (exact) mass is 377 g/mol. The van der Waals surface area contributed by atoms with Crippen molar-refractivity contribution >= 4 is 53.1 Å². The summed E-state index contributed by atoms with van der Waals surface area (Å²) in [5, 5.41) is 12.7. The van der Waals surface area contributed by atoms with Crippen molar-refractivity contribution in [1.82, 2.24) is 0 Å². The molecule has 0 atom stereocenters. The molecule has 0 radical (unpaired) electrons. The fourth-order valence-corrected chi connectivity index (χ4v) is 2.13. The molecule has 0 saturated heterocycles. The van der Waals surface area contributed by atoms with Crippen LogP contribution in [0.4, 0.5) is 5.69 Å². The second-order valence-corrected chi connectivity index (χ2v) is 4.98. The standard InChI is InChI=1S/C11H16INO.2ClH/c1-7(2)4-8-5-9(12)11(14)10(6-8)13-3;;/h5-7,13-14H,4H2,1-3H3;2*1H. The fourth-order valence-electron chi connectivity index (χ4n) is 1.44. The number of anilines is 1. The molecule has 0 saturated carbocycles. The van der Waals surface area contributed by atoms with E-state index in [1.54, 1.807) is 0 Å². The van der Waals surface area contributed by atoms with Gasteiger partial charge in [0.25, 0.3) is 0 Å². The molecule has 16 heavy (non-hydrogen) atoms. The van der Waals surface area contributed by atoms with Gasteiger partial charge in [-0.05, 0) is 52.6 Å². The average molecular weight is 378 g/mol. The van der Waals surface area contributed by atoms with Crippen LogP contribution in [-0.2, 0) is 6.42 Å². The summed E-state index contributed by atoms with van der Waals surface area (Å²) in [6.45, 7) is 4.39. The van der Waals surface area contributed by atoms with Crippen molar-refractivity contribution in [3.63, 3.8) is 0 Å². The second kappa shape index (κ2) is 8.25. The molecule has 0 aromatic heterocycles. The highest BCUT2D eigenvalue weighted by Gasteiger charge is 2.07. The Morgan fingerprint density at radius 2 is 1.88 bits per heavy atom. The van der Waals surface area contributed by atoms with Gasteiger partial charge in [-0.15, -0.1) is 24.8 Å². The van der Waals surface area contributed by atoms with E-state index >= 15 is 0 Å². The van der Waals surface area contributed by atoms with Gasteiger partial charge in [0.05, 0.1) is 9.26 Å². The van der Waals surface area contributed by atoms with Crippen molar-refractivity contribution in [3.8, 4) is 5.75 Å². The van der Waals surface area contributed by atoms with Crippen LogP contribution in [-0.4, -0.2) is 12.2 Å². The number of hydrogen-bond donors (Lipinski definition) is 2. The van der Waals surface area contributed by atoms with Gasteiger partial charge in [-0.3, -0.25) is 0 Å². The SMILES string of the molecule is CNc1cc(CC(C)C)cc(I)c1O.Cl.Cl. The Labute approximate surface area is 123 Å². The Morgan fingerprint density at radius 3 is 2.31 bits per heavy atom. The minimum Gasteiger partial charge on any atom is -0.505 e. The van der Waals surface area contributed by atoms with Crippen LogP contribution in [0.2, 0.25) is 0 Å². The maximum Gasteiger partial charge on any atom is 0.151 e. The van der Waals surface area contributed by atoms with Gasteiger partial charge in [-0.25, -0.2) is 0 Å². The van der Waals surface area contributed by atoms with Gasteiger partial charge in [0.2, 0.25) is 0 Å². The maximum absolute atomic E-state index is 9.69. The summed E-state index contributed by atoms with van der Waals surface area (Å²) < 4.78 is 0.908. The molecule has 1 aromatic carbocycles. The van der Waals surface area contributed by atoms with Crippen LogP contribution in [0.1, 0.15) is 19.4 Å². The van der Waals surface area contributed by atoms with Crippen LogP contribution in [0.15, 0.2) is 12.1 Å². The van der Waals surface area contributed by atoms with E-state index < -0.39 is 0 Å². The quantitative estimate of drug-likeness (QED) is 0.614. The fraction of sp³-hybridized carbons (Fsp3) is 0.455. The molecule has 0 bridgehead atoms. The van der Waals surface area contributed by atoms with Crippen molar-refractivity contribution in [2.45, 2.75) is 20.3 Å². The molecule has 0 unspecified atom stereocenters. The Kier molecular flexibility index (Phi) is 9.54. The topological polar surface area (TPSA) is 32.3 Å². The molecule has 0 spiro atoms. The second-order valence-electron chi connectivity index (χ2n) is 3.82. The smallest absolute Gasteiger partial charge is 0.151 e. The van der Waals surface area contributed by atoms with Crippen LogP contribution in [0.3, 0.4) is 0 Å². The maximum atomic E-state index is 9.69. The van der Waals surface area contributed by atoms with Gasteiger partial charge in [0.15, 0.2) is 5.75 Å². The van der Waals surface area contributed by atoms with E-state index in [1.165, 1.54) is 5.56 Å². The number of phenolic OH excluding ortho intramolecular Hbond substituents is 1. The first-order valence-electron chi connectivity index (χ1n) is 4.73. The summed E-state index contributed by atoms with van der Waals surface area (Å²) in [4.78, 5) is 0. The molecule has 0 aliphatic rings. The van der Waals surface area contributed by atoms with E-state index in [1.807, 2.05) is 19.2 Å². The Morgan fingerprint density at radius 1 is 1.31 bits per heavy atom. The van der Waals surface area contributed by atoms with Gasteiger partial charge in [-0.1, -0.05) is 13.8 Å². The number of halogens is 3. The molecule has 1 aromatic rings. The zero-order valence-corrected chi connectivity index (χ0v) is 13.4. The van der Waals surface area contributed by atoms with E-state index in [0.717, 1.165) is 15.7 Å². The van der Waals surface area contributed by atoms with Gasteiger partial charge in [0.1, 0.15) is 0 Å². The van der Waals surface area contributed by atoms with Crippen LogP contribution in [0, 0.1) is 9.49 Å². The van der Waals surface area contributed by atoms with Crippen molar-refractivity contribution in [1.29, 1.82) is 0 Å². The van der Waals surface area contributed by atoms with Crippen molar-refractivity contribution < 1.29 is 5.11 Å². The predicted molar refractivity (Wildman–Crippen MR) is 83.4 cm³/mol. The van der Waals surface area contributed by atoms with Gasteiger partial charge >= 0.3 is 0 Å². The van der Waals surface area contributed by atoms with Gasteiger partial charge in [-0.2, -0.15) is 0 Å². The highest BCUT2D eigenvalue weighted by molar-refractivity contribution is 14.1. The number of aromatic hydroxyl groups is 1. The average Bonchev–Trinajstić information content (AvgIpc) is 2.10. The molecular weight excluding hydrogens is 360 g/mol. The molecule has 0 amide bonds. The summed E-state index contributed by atoms with van der Waals surface area (Å²) in [7, 11) is 1.82. The van der Waals surface area contributed by atoms with E-state index in [4.69, 9.17) is 0 Å². The normalized spacial score (nSPS) is 9.31. The minimum absolute atomic E-state index is 0. The largest absolute Gasteiger partial charge is 0.505 e. The predicted octanol–water partition coefficient (Wildman–Crippen LogP) is 4.08. The molecule has 1 rings (SSSR count). The molecule has 5 heteroatoms. The molecule has 0 aliphatic heterocycles. The van der Waals surface area contributed by atoms with Crippen LogP contribution in [0.5, 0.6) is 5.75 Å². The van der Waals surface area contributed by atoms with E-state index in [-0.39, 0.29) is 24.8 Å². The van der Waals surface area contributed by atoms with Crippen molar-refractivity contribution in [2.24, 2.45) is 5.92 Å². The Balaban J connectivity index is 0. The summed E-state index contributed by atoms with van der Waals surface area (Å²) >= 11 is 2.16. The third-order valence-electron chi connectivity index (χ3n) is 2.04. The zero-order valence-electron chi connectivity index (χ0n) is 9.58. The van der Waals surface area contributed by atoms with E-state index in [0.29, 0.717) is 11.7 Å². The summed E-state index contributed by atoms with van der Waals surface area (Å²) in [6.07, 6.45) is 1.05. The lowest BCUT2D eigenvalue weighted by Gasteiger charge is -2.10. The minimum atomic E-state index is 0. The lowest BCUT2D eigenvalue weighted by molar-refractivity contribution is 0.473. The third kappa shape index (κ3) is 4.97. The summed E-state index contributed by atoms with van der Waals surface area (Å²) in [5.41, 5.74) is 2.08. The lowest BCUT2D eigenvalue weighted by Crippen LogP contribution is -1.97. The molecule has 2 nitrogen and oxygen atoms in total. The first kappa shape index (κ1) is 18.5. The first-order valence-corrected chi connectivity index (χ1v) is 5.81. The Hall–Kier alpha value is 0.130. The zero-order chi connectivity index (χ0) is 10.7. The van der Waals surface area contributed by atoms with Crippen LogP contribution in [0.25, 0.3) is 0 Å². The van der Waals surface area contributed by atoms with Crippen LogP contribution >= 0.6 is 47.4 Å². The number of rotatable bonds is 3. The van der Waals surface area contributed by atoms with Crippen LogP contribution < -0.4 is 5.32 Å². The number of phenols is 1. The number of hydrogen-bond acceptors (Lipinski definition) is 2. The molecule has 2 N–H and O–H groups in total. The molecule has 0 heterocycles. The van der Waals surface area contributed by atoms with E-state index in [2.05, 4.69) is 41.8 Å². The van der Waals surface area contributed by atoms with E-state index in [9.17, 15) is 5.11 Å². The van der Waals surface area contributed by atoms with Crippen molar-refractivity contribution in [3.05, 3.63) is 21.3 Å². The molecule has 0 fully saturated rings. The van der Waals surface area contributed by atoms with Crippen molar-refractivity contribution in [2.75, 3.05) is 12.4 Å². The van der Waals surface area contributed by atoms with Gasteiger partial charge < -0.3 is 10.4 Å². The summed E-state index contributed by atoms with van der Waals surface area (Å²) in [5.74, 6) is 0.987. The lowest BCUT2D eigenvalue weighted by atomic mass is 10.0. The molecule has 0 aliphatic carbocycles. The molecular formula is C11H18Cl2INO. The number of benzene rings is 1. The summed E-state index contributed by atoms with van der Waals surface area (Å²) in [6, 6.07) is 4.05. The Bertz CT molecular complexity index is 332.